The zero-order chi connectivity index (χ0) is 23.2. The highest BCUT2D eigenvalue weighted by Gasteiger charge is 2.55. The van der Waals surface area contributed by atoms with E-state index in [0.29, 0.717) is 24.0 Å². The maximum absolute atomic E-state index is 13.8. The monoisotopic (exact) mass is 440 g/mol. The first-order valence-corrected chi connectivity index (χ1v) is 11.1. The van der Waals surface area contributed by atoms with Gasteiger partial charge in [-0.1, -0.05) is 12.2 Å². The van der Waals surface area contributed by atoms with Gasteiger partial charge in [0, 0.05) is 42.9 Å². The van der Waals surface area contributed by atoms with Crippen LogP contribution in [0.2, 0.25) is 0 Å². The van der Waals surface area contributed by atoms with E-state index in [1.807, 2.05) is 32.9 Å². The highest BCUT2D eigenvalue weighted by atomic mass is 16.5. The molecule has 0 radical (unpaired) electrons. The summed E-state index contributed by atoms with van der Waals surface area (Å²) in [5, 5.41) is 22.6. The number of phenolic OH excluding ortho intramolecular Hbond substituents is 2. The second-order valence-electron chi connectivity index (χ2n) is 10.4. The molecule has 0 aromatic heterocycles. The zero-order valence-electron chi connectivity index (χ0n) is 18.7. The first-order chi connectivity index (χ1) is 15.0. The number of ether oxygens (including phenoxy) is 2. The van der Waals surface area contributed by atoms with Gasteiger partial charge in [0.05, 0.1) is 28.7 Å². The number of Topliss-reactive ketones (excluding diaryl/α,β-unsaturated/α-hetero) is 3. The Hall–Kier alpha value is -2.51. The number of hydrogen-bond acceptors (Lipinski definition) is 7. The van der Waals surface area contributed by atoms with Crippen molar-refractivity contribution in [1.82, 2.24) is 0 Å². The molecule has 32 heavy (non-hydrogen) atoms. The molecule has 5 aliphatic carbocycles. The molecule has 5 aliphatic rings. The van der Waals surface area contributed by atoms with Crippen LogP contribution in [0.3, 0.4) is 0 Å². The molecule has 0 spiro atoms. The molecule has 7 nitrogen and oxygen atoms in total. The van der Waals surface area contributed by atoms with Crippen molar-refractivity contribution >= 4 is 17.3 Å². The van der Waals surface area contributed by atoms with Crippen LogP contribution < -0.4 is 0 Å². The predicted molar refractivity (Wildman–Crippen MR) is 114 cm³/mol. The fourth-order valence-electron chi connectivity index (χ4n) is 6.15. The van der Waals surface area contributed by atoms with Crippen LogP contribution in [-0.2, 0) is 19.9 Å². The number of ketones is 3. The van der Waals surface area contributed by atoms with Crippen LogP contribution in [0, 0.1) is 11.8 Å². The zero-order valence-corrected chi connectivity index (χ0v) is 18.7. The van der Waals surface area contributed by atoms with E-state index in [0.717, 1.165) is 0 Å². The van der Waals surface area contributed by atoms with Crippen molar-refractivity contribution < 1.29 is 34.1 Å². The van der Waals surface area contributed by atoms with Crippen LogP contribution in [-0.4, -0.2) is 46.4 Å². The first-order valence-electron chi connectivity index (χ1n) is 11.1. The van der Waals surface area contributed by atoms with E-state index >= 15 is 0 Å². The molecule has 0 amide bonds. The third-order valence-electron chi connectivity index (χ3n) is 7.42. The van der Waals surface area contributed by atoms with Gasteiger partial charge < -0.3 is 19.7 Å². The number of carbonyl (C=O) groups is 3. The lowest BCUT2D eigenvalue weighted by molar-refractivity contribution is -0.137. The van der Waals surface area contributed by atoms with E-state index in [-0.39, 0.29) is 47.2 Å². The average molecular weight is 440 g/mol. The summed E-state index contributed by atoms with van der Waals surface area (Å²) in [6.45, 7) is 5.49. The van der Waals surface area contributed by atoms with Crippen LogP contribution in [0.4, 0.5) is 0 Å². The van der Waals surface area contributed by atoms with Crippen LogP contribution in [0.5, 0.6) is 11.5 Å². The fourth-order valence-corrected chi connectivity index (χ4v) is 6.15. The Kier molecular flexibility index (Phi) is 4.50. The number of aromatic hydroxyl groups is 2. The molecule has 6 rings (SSSR count). The number of methoxy groups -OCH3 is 1. The van der Waals surface area contributed by atoms with Gasteiger partial charge in [-0.3, -0.25) is 14.4 Å². The fraction of sp³-hybridized carbons (Fsp3) is 0.560. The maximum Gasteiger partial charge on any atom is 0.173 e. The van der Waals surface area contributed by atoms with Gasteiger partial charge >= 0.3 is 0 Å². The summed E-state index contributed by atoms with van der Waals surface area (Å²) >= 11 is 0. The number of allylic oxidation sites excluding steroid dienone is 1. The van der Waals surface area contributed by atoms with E-state index < -0.39 is 40.7 Å². The molecule has 0 aliphatic heterocycles. The molecule has 2 N–H and O–H groups in total. The molecule has 1 fully saturated rings. The topological polar surface area (TPSA) is 110 Å². The van der Waals surface area contributed by atoms with Gasteiger partial charge in [-0.15, -0.1) is 0 Å². The summed E-state index contributed by atoms with van der Waals surface area (Å²) in [6, 6.07) is 0. The Morgan fingerprint density at radius 1 is 1.03 bits per heavy atom. The maximum atomic E-state index is 13.8. The van der Waals surface area contributed by atoms with Crippen molar-refractivity contribution in [2.75, 3.05) is 7.11 Å². The van der Waals surface area contributed by atoms with Gasteiger partial charge in [0.25, 0.3) is 0 Å². The minimum absolute atomic E-state index is 0.0390. The quantitative estimate of drug-likeness (QED) is 0.535. The first kappa shape index (κ1) is 21.3. The van der Waals surface area contributed by atoms with Gasteiger partial charge in [0.15, 0.2) is 11.6 Å². The SMILES string of the molecule is CO[C@@]12C=C[C@@H](CC1)c1c(O)c3c(c(O)c12)C(=O)C1C(OC(C)(C)C)CC(=O)CC1C3=O. The van der Waals surface area contributed by atoms with Crippen LogP contribution in [0.15, 0.2) is 12.2 Å². The minimum atomic E-state index is -0.954. The van der Waals surface area contributed by atoms with Crippen LogP contribution in [0.25, 0.3) is 0 Å². The average Bonchev–Trinajstić information content (AvgIpc) is 2.73. The van der Waals surface area contributed by atoms with E-state index in [4.69, 9.17) is 9.47 Å². The molecule has 5 atom stereocenters. The third-order valence-corrected chi connectivity index (χ3v) is 7.42. The number of hydrogen-bond donors (Lipinski definition) is 2. The smallest absolute Gasteiger partial charge is 0.173 e. The van der Waals surface area contributed by atoms with E-state index in [1.54, 1.807) is 0 Å². The molecule has 1 aromatic carbocycles. The normalized spacial score (nSPS) is 33.2. The molecule has 170 valence electrons. The lowest BCUT2D eigenvalue weighted by atomic mass is 9.61. The van der Waals surface area contributed by atoms with Crippen molar-refractivity contribution in [1.29, 1.82) is 0 Å². The summed E-state index contributed by atoms with van der Waals surface area (Å²) in [5.74, 6) is -3.62. The van der Waals surface area contributed by atoms with E-state index in [9.17, 15) is 24.6 Å². The van der Waals surface area contributed by atoms with Gasteiger partial charge in [0.1, 0.15) is 22.9 Å². The molecule has 7 heteroatoms. The Labute approximate surface area is 186 Å². The van der Waals surface area contributed by atoms with Crippen LogP contribution >= 0.6 is 0 Å². The number of fused-ring (bicyclic) bond motifs is 3. The van der Waals surface area contributed by atoms with Crippen molar-refractivity contribution in [3.8, 4) is 11.5 Å². The third kappa shape index (κ3) is 2.77. The largest absolute Gasteiger partial charge is 0.507 e. The summed E-state index contributed by atoms with van der Waals surface area (Å²) in [6.07, 6.45) is 4.27. The number of carbonyl (C=O) groups excluding carboxylic acids is 3. The molecule has 1 aromatic rings. The second-order valence-corrected chi connectivity index (χ2v) is 10.4. The van der Waals surface area contributed by atoms with Crippen molar-refractivity contribution in [3.05, 3.63) is 34.4 Å². The summed E-state index contributed by atoms with van der Waals surface area (Å²) in [5.41, 5.74) is -1.09. The van der Waals surface area contributed by atoms with Crippen molar-refractivity contribution in [2.24, 2.45) is 11.8 Å². The molecular weight excluding hydrogens is 412 g/mol. The van der Waals surface area contributed by atoms with Gasteiger partial charge in [-0.05, 0) is 33.6 Å². The summed E-state index contributed by atoms with van der Waals surface area (Å²) in [7, 11) is 1.53. The highest BCUT2D eigenvalue weighted by molar-refractivity contribution is 6.20. The van der Waals surface area contributed by atoms with Crippen molar-refractivity contribution in [2.45, 2.75) is 69.7 Å². The number of rotatable bonds is 2. The Balaban J connectivity index is 1.73. The van der Waals surface area contributed by atoms with E-state index in [1.165, 1.54) is 7.11 Å². The molecule has 3 unspecified atom stereocenters. The summed E-state index contributed by atoms with van der Waals surface area (Å²) < 4.78 is 11.8. The van der Waals surface area contributed by atoms with Gasteiger partial charge in [0.2, 0.25) is 0 Å². The lowest BCUT2D eigenvalue weighted by Crippen LogP contribution is -2.51. The molecular formula is C25H28O7. The predicted octanol–water partition coefficient (Wildman–Crippen LogP) is 3.54. The number of phenols is 2. The van der Waals surface area contributed by atoms with E-state index in [2.05, 4.69) is 0 Å². The van der Waals surface area contributed by atoms with Gasteiger partial charge in [-0.2, -0.15) is 0 Å². The van der Waals surface area contributed by atoms with Gasteiger partial charge in [-0.25, -0.2) is 0 Å². The molecule has 1 saturated carbocycles. The standard InChI is InChI=1S/C25H28O7/c1-24(2,3)32-14-10-12(26)9-13-16(14)22(29)18-17(20(13)27)21(28)15-11-5-7-25(31-4,8-6-11)19(15)23(18)30/h5,7,11,13-14,16,28,30H,6,8-10H2,1-4H3/t11-,13?,14?,16?,25-/m0/s1. The Morgan fingerprint density at radius 2 is 1.72 bits per heavy atom. The molecule has 2 bridgehead atoms. The molecule has 0 saturated heterocycles. The highest BCUT2D eigenvalue weighted by Crippen LogP contribution is 2.59. The Morgan fingerprint density at radius 3 is 2.31 bits per heavy atom. The lowest BCUT2D eigenvalue weighted by Gasteiger charge is -2.46. The van der Waals surface area contributed by atoms with Crippen molar-refractivity contribution in [3.63, 3.8) is 0 Å². The van der Waals surface area contributed by atoms with Crippen LogP contribution in [0.1, 0.15) is 84.2 Å². The molecule has 0 heterocycles. The second kappa shape index (κ2) is 6.75. The minimum Gasteiger partial charge on any atom is -0.507 e. The summed E-state index contributed by atoms with van der Waals surface area (Å²) in [4.78, 5) is 39.8. The number of benzene rings is 1. The Bertz CT molecular complexity index is 1090.